The monoisotopic (exact) mass is 227 g/mol. The van der Waals surface area contributed by atoms with Gasteiger partial charge in [0.25, 0.3) is 0 Å². The standard InChI is InChI=1S/C13H29N3/c1-4-14-11-13-7-5-9-16(12-13)10-6-8-15(2)3/h13-14H,4-12H2,1-3H3. The number of likely N-dealkylation sites (tertiary alicyclic amines) is 1. The van der Waals surface area contributed by atoms with E-state index in [1.807, 2.05) is 0 Å². The van der Waals surface area contributed by atoms with Crippen molar-refractivity contribution in [3.05, 3.63) is 0 Å². The van der Waals surface area contributed by atoms with E-state index in [0.29, 0.717) is 0 Å². The van der Waals surface area contributed by atoms with E-state index in [9.17, 15) is 0 Å². The summed E-state index contributed by atoms with van der Waals surface area (Å²) in [7, 11) is 4.31. The van der Waals surface area contributed by atoms with Crippen LogP contribution >= 0.6 is 0 Å². The zero-order valence-corrected chi connectivity index (χ0v) is 11.3. The Kier molecular flexibility index (Phi) is 7.01. The number of nitrogens with zero attached hydrogens (tertiary/aromatic N) is 2. The third-order valence-electron chi connectivity index (χ3n) is 3.37. The lowest BCUT2D eigenvalue weighted by Crippen LogP contribution is -2.40. The fourth-order valence-electron chi connectivity index (χ4n) is 2.48. The van der Waals surface area contributed by atoms with Crippen molar-refractivity contribution >= 4 is 0 Å². The van der Waals surface area contributed by atoms with Gasteiger partial charge in [0.2, 0.25) is 0 Å². The zero-order valence-electron chi connectivity index (χ0n) is 11.3. The maximum absolute atomic E-state index is 3.48. The largest absolute Gasteiger partial charge is 0.317 e. The van der Waals surface area contributed by atoms with Crippen LogP contribution in [0.1, 0.15) is 26.2 Å². The van der Waals surface area contributed by atoms with Gasteiger partial charge in [0.1, 0.15) is 0 Å². The van der Waals surface area contributed by atoms with Gasteiger partial charge < -0.3 is 15.1 Å². The van der Waals surface area contributed by atoms with Crippen molar-refractivity contribution < 1.29 is 0 Å². The van der Waals surface area contributed by atoms with Crippen LogP contribution in [0.4, 0.5) is 0 Å². The zero-order chi connectivity index (χ0) is 11.8. The number of piperidine rings is 1. The van der Waals surface area contributed by atoms with Crippen molar-refractivity contribution in [1.82, 2.24) is 15.1 Å². The number of nitrogens with one attached hydrogen (secondary N) is 1. The second-order valence-electron chi connectivity index (χ2n) is 5.27. The van der Waals surface area contributed by atoms with E-state index in [2.05, 4.69) is 36.1 Å². The van der Waals surface area contributed by atoms with Gasteiger partial charge in [-0.1, -0.05) is 6.92 Å². The van der Waals surface area contributed by atoms with Gasteiger partial charge in [0.05, 0.1) is 0 Å². The minimum Gasteiger partial charge on any atom is -0.317 e. The molecule has 1 aliphatic heterocycles. The van der Waals surface area contributed by atoms with Crippen molar-refractivity contribution in [3.8, 4) is 0 Å². The summed E-state index contributed by atoms with van der Waals surface area (Å²) in [6.45, 7) is 9.63. The Morgan fingerprint density at radius 2 is 2.19 bits per heavy atom. The molecule has 3 nitrogen and oxygen atoms in total. The summed E-state index contributed by atoms with van der Waals surface area (Å²) in [6, 6.07) is 0. The van der Waals surface area contributed by atoms with E-state index >= 15 is 0 Å². The Labute approximate surface area is 101 Å². The van der Waals surface area contributed by atoms with Crippen molar-refractivity contribution in [3.63, 3.8) is 0 Å². The molecule has 0 spiro atoms. The molecule has 3 heteroatoms. The van der Waals surface area contributed by atoms with Crippen LogP contribution in [-0.4, -0.2) is 63.2 Å². The predicted octanol–water partition coefficient (Wildman–Crippen LogP) is 1.26. The minimum atomic E-state index is 0.882. The van der Waals surface area contributed by atoms with Crippen LogP contribution in [0, 0.1) is 5.92 Å². The highest BCUT2D eigenvalue weighted by Gasteiger charge is 2.18. The highest BCUT2D eigenvalue weighted by molar-refractivity contribution is 4.74. The van der Waals surface area contributed by atoms with Crippen LogP contribution in [0.15, 0.2) is 0 Å². The minimum absolute atomic E-state index is 0.882. The topological polar surface area (TPSA) is 18.5 Å². The number of rotatable bonds is 7. The molecule has 0 aliphatic carbocycles. The highest BCUT2D eigenvalue weighted by atomic mass is 15.1. The first-order chi connectivity index (χ1) is 7.72. The Balaban J connectivity index is 2.12. The summed E-state index contributed by atoms with van der Waals surface area (Å²) in [5.41, 5.74) is 0. The first-order valence-corrected chi connectivity index (χ1v) is 6.80. The average Bonchev–Trinajstić information content (AvgIpc) is 2.26. The Bertz CT molecular complexity index is 171. The number of hydrogen-bond donors (Lipinski definition) is 1. The molecule has 0 aromatic heterocycles. The molecule has 0 bridgehead atoms. The smallest absolute Gasteiger partial charge is 0.00218 e. The fourth-order valence-corrected chi connectivity index (χ4v) is 2.48. The second-order valence-corrected chi connectivity index (χ2v) is 5.27. The van der Waals surface area contributed by atoms with Gasteiger partial charge in [-0.15, -0.1) is 0 Å². The van der Waals surface area contributed by atoms with E-state index in [4.69, 9.17) is 0 Å². The molecular formula is C13H29N3. The van der Waals surface area contributed by atoms with E-state index in [0.717, 1.165) is 12.5 Å². The van der Waals surface area contributed by atoms with Gasteiger partial charge in [-0.05, 0) is 72.0 Å². The molecule has 1 fully saturated rings. The maximum Gasteiger partial charge on any atom is 0.00218 e. The maximum atomic E-state index is 3.48. The summed E-state index contributed by atoms with van der Waals surface area (Å²) in [4.78, 5) is 4.93. The lowest BCUT2D eigenvalue weighted by Gasteiger charge is -2.33. The molecule has 1 aliphatic rings. The predicted molar refractivity (Wildman–Crippen MR) is 70.9 cm³/mol. The highest BCUT2D eigenvalue weighted by Crippen LogP contribution is 2.15. The van der Waals surface area contributed by atoms with Gasteiger partial charge in [0, 0.05) is 6.54 Å². The van der Waals surface area contributed by atoms with Crippen LogP contribution in [0.25, 0.3) is 0 Å². The Morgan fingerprint density at radius 3 is 2.88 bits per heavy atom. The van der Waals surface area contributed by atoms with Gasteiger partial charge in [-0.25, -0.2) is 0 Å². The van der Waals surface area contributed by atoms with Crippen molar-refractivity contribution in [1.29, 1.82) is 0 Å². The van der Waals surface area contributed by atoms with E-state index in [-0.39, 0.29) is 0 Å². The molecule has 16 heavy (non-hydrogen) atoms. The molecule has 1 N–H and O–H groups in total. The Morgan fingerprint density at radius 1 is 1.38 bits per heavy atom. The normalized spacial score (nSPS) is 22.9. The SMILES string of the molecule is CCNCC1CCCN(CCCN(C)C)C1. The molecule has 1 atom stereocenters. The summed E-state index contributed by atoms with van der Waals surface area (Å²) >= 11 is 0. The second kappa shape index (κ2) is 8.04. The Hall–Kier alpha value is -0.120. The summed E-state index contributed by atoms with van der Waals surface area (Å²) in [6.07, 6.45) is 4.11. The quantitative estimate of drug-likeness (QED) is 0.706. The molecule has 0 radical (unpaired) electrons. The van der Waals surface area contributed by atoms with Crippen LogP contribution in [0.3, 0.4) is 0 Å². The first kappa shape index (κ1) is 13.9. The molecule has 96 valence electrons. The summed E-state index contributed by atoms with van der Waals surface area (Å²) < 4.78 is 0. The van der Waals surface area contributed by atoms with Crippen LogP contribution in [-0.2, 0) is 0 Å². The summed E-state index contributed by atoms with van der Waals surface area (Å²) in [5, 5.41) is 3.48. The molecule has 1 saturated heterocycles. The van der Waals surface area contributed by atoms with E-state index in [1.165, 1.54) is 52.0 Å². The molecular weight excluding hydrogens is 198 g/mol. The molecule has 1 unspecified atom stereocenters. The first-order valence-electron chi connectivity index (χ1n) is 6.80. The van der Waals surface area contributed by atoms with Crippen LogP contribution in [0.2, 0.25) is 0 Å². The van der Waals surface area contributed by atoms with Crippen LogP contribution < -0.4 is 5.32 Å². The van der Waals surface area contributed by atoms with Crippen molar-refractivity contribution in [2.24, 2.45) is 5.92 Å². The molecule has 0 saturated carbocycles. The molecule has 0 aromatic carbocycles. The van der Waals surface area contributed by atoms with Crippen molar-refractivity contribution in [2.75, 3.05) is 53.4 Å². The fraction of sp³-hybridized carbons (Fsp3) is 1.00. The summed E-state index contributed by atoms with van der Waals surface area (Å²) in [5.74, 6) is 0.882. The lowest BCUT2D eigenvalue weighted by molar-refractivity contribution is 0.166. The molecule has 0 aromatic rings. The molecule has 0 amide bonds. The molecule has 1 heterocycles. The van der Waals surface area contributed by atoms with E-state index < -0.39 is 0 Å². The van der Waals surface area contributed by atoms with Gasteiger partial charge >= 0.3 is 0 Å². The van der Waals surface area contributed by atoms with Crippen LogP contribution in [0.5, 0.6) is 0 Å². The van der Waals surface area contributed by atoms with Crippen molar-refractivity contribution in [2.45, 2.75) is 26.2 Å². The number of hydrogen-bond acceptors (Lipinski definition) is 3. The molecule has 1 rings (SSSR count). The lowest BCUT2D eigenvalue weighted by atomic mass is 9.98. The third kappa shape index (κ3) is 5.83. The van der Waals surface area contributed by atoms with E-state index in [1.54, 1.807) is 0 Å². The van der Waals surface area contributed by atoms with Gasteiger partial charge in [-0.3, -0.25) is 0 Å². The third-order valence-corrected chi connectivity index (χ3v) is 3.37. The van der Waals surface area contributed by atoms with Gasteiger partial charge in [0.15, 0.2) is 0 Å². The van der Waals surface area contributed by atoms with Gasteiger partial charge in [-0.2, -0.15) is 0 Å². The average molecular weight is 227 g/mol.